The molecule has 0 spiro atoms. The molecule has 1 aromatic heterocycles. The molecule has 1 fully saturated rings. The smallest absolute Gasteiger partial charge is 0.230 e. The lowest BCUT2D eigenvalue weighted by Crippen LogP contribution is -2.27. The Morgan fingerprint density at radius 3 is 2.83 bits per heavy atom. The second kappa shape index (κ2) is 8.10. The Balaban J connectivity index is 1.41. The largest absolute Gasteiger partial charge is 0.348 e. The maximum absolute atomic E-state index is 12.0. The van der Waals surface area contributed by atoms with Gasteiger partial charge in [-0.3, -0.25) is 4.79 Å². The molecule has 1 aliphatic rings. The molecule has 23 heavy (non-hydrogen) atoms. The first-order valence-corrected chi connectivity index (χ1v) is 9.13. The molecule has 6 nitrogen and oxygen atoms in total. The van der Waals surface area contributed by atoms with Crippen molar-refractivity contribution >= 4 is 17.7 Å². The molecule has 0 bridgehead atoms. The number of rotatable bonds is 7. The van der Waals surface area contributed by atoms with Gasteiger partial charge in [-0.05, 0) is 28.8 Å². The average molecular weight is 331 g/mol. The summed E-state index contributed by atoms with van der Waals surface area (Å²) in [7, 11) is 0. The summed E-state index contributed by atoms with van der Waals surface area (Å²) in [5.74, 6) is 2.05. The summed E-state index contributed by atoms with van der Waals surface area (Å²) in [5.41, 5.74) is 1.23. The van der Waals surface area contributed by atoms with E-state index in [0.717, 1.165) is 24.4 Å². The van der Waals surface area contributed by atoms with Crippen molar-refractivity contribution in [3.8, 4) is 0 Å². The fraction of sp³-hybridized carbons (Fsp3) is 0.500. The Labute approximate surface area is 140 Å². The van der Waals surface area contributed by atoms with Crippen LogP contribution < -0.4 is 5.32 Å². The molecule has 7 heteroatoms. The molecule has 122 valence electrons. The predicted molar refractivity (Wildman–Crippen MR) is 89.8 cm³/mol. The topological polar surface area (TPSA) is 72.7 Å². The number of benzene rings is 1. The SMILES string of the molecule is O=C(CSCc1ccccc1)NCc1nnnn1C1CCCC1. The molecule has 0 atom stereocenters. The van der Waals surface area contributed by atoms with Crippen molar-refractivity contribution in [3.63, 3.8) is 0 Å². The summed E-state index contributed by atoms with van der Waals surface area (Å²) in [6.45, 7) is 0.397. The van der Waals surface area contributed by atoms with Crippen LogP contribution in [0, 0.1) is 0 Å². The third-order valence-electron chi connectivity index (χ3n) is 4.02. The van der Waals surface area contributed by atoms with Gasteiger partial charge in [-0.25, -0.2) is 4.68 Å². The van der Waals surface area contributed by atoms with E-state index in [-0.39, 0.29) is 5.91 Å². The number of nitrogens with zero attached hydrogens (tertiary/aromatic N) is 4. The minimum Gasteiger partial charge on any atom is -0.348 e. The number of nitrogens with one attached hydrogen (secondary N) is 1. The van der Waals surface area contributed by atoms with Crippen LogP contribution in [0.2, 0.25) is 0 Å². The van der Waals surface area contributed by atoms with Gasteiger partial charge in [-0.15, -0.1) is 16.9 Å². The minimum atomic E-state index is 0.0203. The van der Waals surface area contributed by atoms with Gasteiger partial charge < -0.3 is 5.32 Å². The van der Waals surface area contributed by atoms with E-state index in [1.165, 1.54) is 18.4 Å². The molecule has 0 saturated heterocycles. The zero-order chi connectivity index (χ0) is 15.9. The molecule has 1 heterocycles. The monoisotopic (exact) mass is 331 g/mol. The highest BCUT2D eigenvalue weighted by Crippen LogP contribution is 2.28. The molecular formula is C16H21N5OS. The summed E-state index contributed by atoms with van der Waals surface area (Å²) in [6.07, 6.45) is 4.71. The van der Waals surface area contributed by atoms with Crippen molar-refractivity contribution in [2.45, 2.75) is 44.0 Å². The van der Waals surface area contributed by atoms with E-state index < -0.39 is 0 Å². The standard InChI is InChI=1S/C16H21N5OS/c22-16(12-23-11-13-6-2-1-3-7-13)17-10-15-18-19-20-21(15)14-8-4-5-9-14/h1-3,6-7,14H,4-5,8-12H2,(H,17,22). The van der Waals surface area contributed by atoms with Crippen LogP contribution in [-0.2, 0) is 17.1 Å². The summed E-state index contributed by atoms with van der Waals surface area (Å²) < 4.78 is 1.88. The number of tetrazole rings is 1. The van der Waals surface area contributed by atoms with Crippen molar-refractivity contribution in [2.75, 3.05) is 5.75 Å². The first kappa shape index (κ1) is 16.0. The van der Waals surface area contributed by atoms with Gasteiger partial charge in [0.1, 0.15) is 0 Å². The molecule has 1 amide bonds. The summed E-state index contributed by atoms with van der Waals surface area (Å²) >= 11 is 1.61. The molecule has 1 N–H and O–H groups in total. The first-order chi connectivity index (χ1) is 11.3. The van der Waals surface area contributed by atoms with Crippen molar-refractivity contribution in [1.82, 2.24) is 25.5 Å². The van der Waals surface area contributed by atoms with Crippen molar-refractivity contribution < 1.29 is 4.79 Å². The van der Waals surface area contributed by atoms with Gasteiger partial charge in [0.2, 0.25) is 5.91 Å². The van der Waals surface area contributed by atoms with Gasteiger partial charge >= 0.3 is 0 Å². The van der Waals surface area contributed by atoms with Crippen LogP contribution in [0.5, 0.6) is 0 Å². The van der Waals surface area contributed by atoms with Gasteiger partial charge in [0.15, 0.2) is 5.82 Å². The van der Waals surface area contributed by atoms with Crippen molar-refractivity contribution in [1.29, 1.82) is 0 Å². The average Bonchev–Trinajstić information content (AvgIpc) is 3.25. The third-order valence-corrected chi connectivity index (χ3v) is 5.02. The summed E-state index contributed by atoms with van der Waals surface area (Å²) in [4.78, 5) is 12.0. The predicted octanol–water partition coefficient (Wildman–Crippen LogP) is 2.34. The van der Waals surface area contributed by atoms with Crippen LogP contribution >= 0.6 is 11.8 Å². The number of amides is 1. The summed E-state index contributed by atoms with van der Waals surface area (Å²) in [6, 6.07) is 10.6. The fourth-order valence-corrected chi connectivity index (χ4v) is 3.64. The number of aromatic nitrogens is 4. The Morgan fingerprint density at radius 1 is 1.26 bits per heavy atom. The van der Waals surface area contributed by atoms with E-state index in [4.69, 9.17) is 0 Å². The van der Waals surface area contributed by atoms with E-state index in [2.05, 4.69) is 33.0 Å². The van der Waals surface area contributed by atoms with E-state index in [1.54, 1.807) is 11.8 Å². The minimum absolute atomic E-state index is 0.0203. The summed E-state index contributed by atoms with van der Waals surface area (Å²) in [5, 5.41) is 14.8. The fourth-order valence-electron chi connectivity index (χ4n) is 2.83. The second-order valence-electron chi connectivity index (χ2n) is 5.73. The van der Waals surface area contributed by atoms with Crippen LogP contribution in [0.3, 0.4) is 0 Å². The first-order valence-electron chi connectivity index (χ1n) is 7.98. The number of thioether (sulfide) groups is 1. The molecular weight excluding hydrogens is 310 g/mol. The molecule has 0 unspecified atom stereocenters. The zero-order valence-corrected chi connectivity index (χ0v) is 13.8. The number of hydrogen-bond donors (Lipinski definition) is 1. The Hall–Kier alpha value is -1.89. The Morgan fingerprint density at radius 2 is 2.04 bits per heavy atom. The van der Waals surface area contributed by atoms with Gasteiger partial charge in [0.25, 0.3) is 0 Å². The molecule has 1 saturated carbocycles. The zero-order valence-electron chi connectivity index (χ0n) is 13.0. The Bertz CT molecular complexity index is 624. The number of hydrogen-bond acceptors (Lipinski definition) is 5. The maximum Gasteiger partial charge on any atom is 0.230 e. The molecule has 1 aromatic carbocycles. The van der Waals surface area contributed by atoms with E-state index in [0.29, 0.717) is 18.3 Å². The number of carbonyl (C=O) groups is 1. The van der Waals surface area contributed by atoms with Crippen LogP contribution in [0.15, 0.2) is 30.3 Å². The van der Waals surface area contributed by atoms with Crippen LogP contribution in [0.25, 0.3) is 0 Å². The highest BCUT2D eigenvalue weighted by atomic mass is 32.2. The second-order valence-corrected chi connectivity index (χ2v) is 6.72. The van der Waals surface area contributed by atoms with E-state index >= 15 is 0 Å². The normalized spacial score (nSPS) is 15.0. The lowest BCUT2D eigenvalue weighted by Gasteiger charge is -2.11. The highest BCUT2D eigenvalue weighted by Gasteiger charge is 2.21. The lowest BCUT2D eigenvalue weighted by atomic mass is 10.2. The molecule has 0 aliphatic heterocycles. The van der Waals surface area contributed by atoms with Gasteiger partial charge in [-0.1, -0.05) is 43.2 Å². The van der Waals surface area contributed by atoms with Crippen LogP contribution in [0.1, 0.15) is 43.1 Å². The highest BCUT2D eigenvalue weighted by molar-refractivity contribution is 7.99. The van der Waals surface area contributed by atoms with Crippen LogP contribution in [-0.4, -0.2) is 31.9 Å². The van der Waals surface area contributed by atoms with Crippen LogP contribution in [0.4, 0.5) is 0 Å². The van der Waals surface area contributed by atoms with Crippen molar-refractivity contribution in [3.05, 3.63) is 41.7 Å². The van der Waals surface area contributed by atoms with E-state index in [1.807, 2.05) is 22.9 Å². The van der Waals surface area contributed by atoms with E-state index in [9.17, 15) is 4.79 Å². The molecule has 1 aliphatic carbocycles. The molecule has 0 radical (unpaired) electrons. The number of carbonyl (C=O) groups excluding carboxylic acids is 1. The molecule has 3 rings (SSSR count). The van der Waals surface area contributed by atoms with Gasteiger partial charge in [0.05, 0.1) is 18.3 Å². The third kappa shape index (κ3) is 4.54. The maximum atomic E-state index is 12.0. The quantitative estimate of drug-likeness (QED) is 0.843. The molecule has 2 aromatic rings. The van der Waals surface area contributed by atoms with Crippen molar-refractivity contribution in [2.24, 2.45) is 0 Å². The van der Waals surface area contributed by atoms with Gasteiger partial charge in [0, 0.05) is 5.75 Å². The van der Waals surface area contributed by atoms with Gasteiger partial charge in [-0.2, -0.15) is 0 Å². The lowest BCUT2D eigenvalue weighted by molar-refractivity contribution is -0.118. The Kier molecular flexibility index (Phi) is 5.63.